The summed E-state index contributed by atoms with van der Waals surface area (Å²) in [6.45, 7) is 2.81. The molecule has 0 saturated carbocycles. The molecule has 1 unspecified atom stereocenters. The van der Waals surface area contributed by atoms with Gasteiger partial charge >= 0.3 is 0 Å². The quantitative estimate of drug-likeness (QED) is 0.719. The van der Waals surface area contributed by atoms with Gasteiger partial charge in [-0.25, -0.2) is 4.98 Å². The molecule has 1 aromatic carbocycles. The Labute approximate surface area is 167 Å². The lowest BCUT2D eigenvalue weighted by Gasteiger charge is -2.32. The first-order chi connectivity index (χ1) is 14.0. The Morgan fingerprint density at radius 2 is 2.03 bits per heavy atom. The lowest BCUT2D eigenvalue weighted by molar-refractivity contribution is -0.121. The second-order valence-electron chi connectivity index (χ2n) is 7.39. The Hall–Kier alpha value is -3.48. The van der Waals surface area contributed by atoms with Crippen LogP contribution < -0.4 is 10.9 Å². The van der Waals surface area contributed by atoms with Gasteiger partial charge in [-0.1, -0.05) is 24.3 Å². The van der Waals surface area contributed by atoms with E-state index in [-0.39, 0.29) is 23.3 Å². The van der Waals surface area contributed by atoms with Crippen molar-refractivity contribution in [1.82, 2.24) is 14.9 Å². The third-order valence-electron chi connectivity index (χ3n) is 5.22. The van der Waals surface area contributed by atoms with E-state index in [0.717, 1.165) is 12.0 Å². The predicted octanol–water partition coefficient (Wildman–Crippen LogP) is 2.72. The SMILES string of the molecule is Cc1ccc(NC(=O)C2CCCN(C(=O)c3cc(=O)[nH]c4ccccc34)C2)nc1. The number of rotatable bonds is 3. The summed E-state index contributed by atoms with van der Waals surface area (Å²) in [5, 5.41) is 3.54. The van der Waals surface area contributed by atoms with Crippen LogP contribution in [0.1, 0.15) is 28.8 Å². The second kappa shape index (κ2) is 7.87. The summed E-state index contributed by atoms with van der Waals surface area (Å²) in [6.07, 6.45) is 3.13. The molecule has 1 saturated heterocycles. The summed E-state index contributed by atoms with van der Waals surface area (Å²) in [7, 11) is 0. The molecule has 148 valence electrons. The number of nitrogens with zero attached hydrogens (tertiary/aromatic N) is 2. The first kappa shape index (κ1) is 18.9. The van der Waals surface area contributed by atoms with Gasteiger partial charge in [0.2, 0.25) is 11.5 Å². The summed E-state index contributed by atoms with van der Waals surface area (Å²) in [4.78, 5) is 46.5. The molecule has 1 aliphatic heterocycles. The van der Waals surface area contributed by atoms with Crippen LogP contribution in [0.5, 0.6) is 0 Å². The number of anilines is 1. The molecule has 3 heterocycles. The highest BCUT2D eigenvalue weighted by molar-refractivity contribution is 6.06. The van der Waals surface area contributed by atoms with Crippen molar-refractivity contribution in [2.24, 2.45) is 5.92 Å². The van der Waals surface area contributed by atoms with Crippen molar-refractivity contribution in [2.45, 2.75) is 19.8 Å². The fourth-order valence-corrected chi connectivity index (χ4v) is 3.70. The van der Waals surface area contributed by atoms with E-state index in [2.05, 4.69) is 15.3 Å². The van der Waals surface area contributed by atoms with Crippen molar-refractivity contribution in [3.05, 3.63) is 70.1 Å². The van der Waals surface area contributed by atoms with Crippen LogP contribution in [0, 0.1) is 12.8 Å². The Morgan fingerprint density at radius 3 is 2.83 bits per heavy atom. The van der Waals surface area contributed by atoms with Crippen LogP contribution in [-0.2, 0) is 4.79 Å². The van der Waals surface area contributed by atoms with Crippen LogP contribution >= 0.6 is 0 Å². The van der Waals surface area contributed by atoms with Crippen molar-refractivity contribution < 1.29 is 9.59 Å². The number of para-hydroxylation sites is 1. The minimum absolute atomic E-state index is 0.144. The van der Waals surface area contributed by atoms with Gasteiger partial charge in [0.1, 0.15) is 5.82 Å². The zero-order valence-electron chi connectivity index (χ0n) is 16.1. The highest BCUT2D eigenvalue weighted by Gasteiger charge is 2.30. The Morgan fingerprint density at radius 1 is 1.21 bits per heavy atom. The molecule has 4 rings (SSSR count). The van der Waals surface area contributed by atoms with Crippen LogP contribution in [0.3, 0.4) is 0 Å². The molecule has 0 radical (unpaired) electrons. The molecular weight excluding hydrogens is 368 g/mol. The number of carbonyl (C=O) groups excluding carboxylic acids is 2. The zero-order chi connectivity index (χ0) is 20.4. The molecule has 1 aliphatic rings. The highest BCUT2D eigenvalue weighted by atomic mass is 16.2. The molecule has 7 nitrogen and oxygen atoms in total. The van der Waals surface area contributed by atoms with Gasteiger partial charge in [-0.2, -0.15) is 0 Å². The summed E-state index contributed by atoms with van der Waals surface area (Å²) < 4.78 is 0. The molecular formula is C22H22N4O3. The molecule has 0 bridgehead atoms. The van der Waals surface area contributed by atoms with Crippen LogP contribution in [0.2, 0.25) is 0 Å². The normalized spacial score (nSPS) is 16.6. The van der Waals surface area contributed by atoms with Gasteiger partial charge in [-0.15, -0.1) is 0 Å². The number of H-pyrrole nitrogens is 1. The van der Waals surface area contributed by atoms with E-state index in [1.807, 2.05) is 31.2 Å². The van der Waals surface area contributed by atoms with Crippen molar-refractivity contribution in [3.8, 4) is 0 Å². The number of hydrogen-bond acceptors (Lipinski definition) is 4. The number of aromatic nitrogens is 2. The number of aromatic amines is 1. The molecule has 29 heavy (non-hydrogen) atoms. The zero-order valence-corrected chi connectivity index (χ0v) is 16.1. The molecule has 1 atom stereocenters. The van der Waals surface area contributed by atoms with E-state index in [1.54, 1.807) is 23.2 Å². The minimum Gasteiger partial charge on any atom is -0.338 e. The lowest BCUT2D eigenvalue weighted by atomic mass is 9.96. The Bertz CT molecular complexity index is 1120. The van der Waals surface area contributed by atoms with E-state index >= 15 is 0 Å². The van der Waals surface area contributed by atoms with E-state index in [0.29, 0.717) is 41.8 Å². The topological polar surface area (TPSA) is 95.2 Å². The van der Waals surface area contributed by atoms with E-state index < -0.39 is 0 Å². The van der Waals surface area contributed by atoms with Crippen molar-refractivity contribution >= 4 is 28.5 Å². The number of amides is 2. The first-order valence-electron chi connectivity index (χ1n) is 9.66. The monoisotopic (exact) mass is 390 g/mol. The molecule has 1 fully saturated rings. The van der Waals surface area contributed by atoms with Crippen LogP contribution in [-0.4, -0.2) is 39.8 Å². The van der Waals surface area contributed by atoms with Gasteiger partial charge in [-0.3, -0.25) is 14.4 Å². The maximum atomic E-state index is 13.2. The van der Waals surface area contributed by atoms with Gasteiger partial charge < -0.3 is 15.2 Å². The average molecular weight is 390 g/mol. The predicted molar refractivity (Wildman–Crippen MR) is 111 cm³/mol. The Balaban J connectivity index is 1.52. The van der Waals surface area contributed by atoms with Crippen LogP contribution in [0.25, 0.3) is 10.9 Å². The number of nitrogens with one attached hydrogen (secondary N) is 2. The molecule has 7 heteroatoms. The van der Waals surface area contributed by atoms with Gasteiger partial charge in [0, 0.05) is 36.3 Å². The molecule has 2 amide bonds. The Kier molecular flexibility index (Phi) is 5.12. The molecule has 3 aromatic rings. The molecule has 2 N–H and O–H groups in total. The van der Waals surface area contributed by atoms with Crippen LogP contribution in [0.15, 0.2) is 53.5 Å². The third-order valence-corrected chi connectivity index (χ3v) is 5.22. The maximum absolute atomic E-state index is 13.2. The molecule has 0 aliphatic carbocycles. The van der Waals surface area contributed by atoms with Gasteiger partial charge in [0.25, 0.3) is 5.91 Å². The van der Waals surface area contributed by atoms with E-state index in [1.165, 1.54) is 6.07 Å². The number of piperidine rings is 1. The lowest BCUT2D eigenvalue weighted by Crippen LogP contribution is -2.44. The smallest absolute Gasteiger partial charge is 0.254 e. The second-order valence-corrected chi connectivity index (χ2v) is 7.39. The van der Waals surface area contributed by atoms with Gasteiger partial charge in [0.15, 0.2) is 0 Å². The van der Waals surface area contributed by atoms with Crippen molar-refractivity contribution in [2.75, 3.05) is 18.4 Å². The number of fused-ring (bicyclic) bond motifs is 1. The summed E-state index contributed by atoms with van der Waals surface area (Å²) in [5.41, 5.74) is 1.69. The number of aryl methyl sites for hydroxylation is 1. The summed E-state index contributed by atoms with van der Waals surface area (Å²) in [6, 6.07) is 12.2. The van der Waals surface area contributed by atoms with Crippen molar-refractivity contribution in [1.29, 1.82) is 0 Å². The summed E-state index contributed by atoms with van der Waals surface area (Å²) >= 11 is 0. The fourth-order valence-electron chi connectivity index (χ4n) is 3.70. The fraction of sp³-hybridized carbons (Fsp3) is 0.273. The van der Waals surface area contributed by atoms with Gasteiger partial charge in [0.05, 0.1) is 11.5 Å². The number of carbonyl (C=O) groups is 2. The maximum Gasteiger partial charge on any atom is 0.254 e. The largest absolute Gasteiger partial charge is 0.338 e. The van der Waals surface area contributed by atoms with E-state index in [4.69, 9.17) is 0 Å². The first-order valence-corrected chi connectivity index (χ1v) is 9.66. The third kappa shape index (κ3) is 4.03. The number of likely N-dealkylation sites (tertiary alicyclic amines) is 1. The van der Waals surface area contributed by atoms with E-state index in [9.17, 15) is 14.4 Å². The highest BCUT2D eigenvalue weighted by Crippen LogP contribution is 2.22. The standard InChI is InChI=1S/C22H22N4O3/c1-14-8-9-19(23-12-14)25-21(28)15-5-4-10-26(13-15)22(29)17-11-20(27)24-18-7-3-2-6-16(17)18/h2-3,6-9,11-12,15H,4-5,10,13H2,1H3,(H,24,27)(H,23,25,28). The minimum atomic E-state index is -0.316. The number of hydrogen-bond donors (Lipinski definition) is 2. The molecule has 0 spiro atoms. The number of benzene rings is 1. The number of pyridine rings is 2. The molecule has 2 aromatic heterocycles. The van der Waals surface area contributed by atoms with Crippen molar-refractivity contribution in [3.63, 3.8) is 0 Å². The van der Waals surface area contributed by atoms with Crippen LogP contribution in [0.4, 0.5) is 5.82 Å². The summed E-state index contributed by atoms with van der Waals surface area (Å²) in [5.74, 6) is -0.179. The average Bonchev–Trinajstić information content (AvgIpc) is 2.74. The van der Waals surface area contributed by atoms with Gasteiger partial charge in [-0.05, 0) is 37.5 Å².